The van der Waals surface area contributed by atoms with Gasteiger partial charge in [0, 0.05) is 19.2 Å². The van der Waals surface area contributed by atoms with E-state index in [0.717, 1.165) is 22.6 Å². The Kier molecular flexibility index (Phi) is 6.23. The normalized spacial score (nSPS) is 14.2. The van der Waals surface area contributed by atoms with E-state index in [9.17, 15) is 18.8 Å². The Hall–Kier alpha value is -3.26. The van der Waals surface area contributed by atoms with Crippen LogP contribution in [0.15, 0.2) is 58.6 Å². The van der Waals surface area contributed by atoms with Gasteiger partial charge in [0.15, 0.2) is 5.70 Å². The average molecular weight is 414 g/mol. The quantitative estimate of drug-likeness (QED) is 0.394. The largest absolute Gasteiger partial charge is 0.415 e. The summed E-state index contributed by atoms with van der Waals surface area (Å²) in [6.45, 7) is 4.53. The van der Waals surface area contributed by atoms with Crippen LogP contribution in [-0.2, 0) is 19.1 Å². The van der Waals surface area contributed by atoms with Crippen molar-refractivity contribution in [3.8, 4) is 0 Å². The molecule has 6 nitrogen and oxygen atoms in total. The molecule has 1 aromatic carbocycles. The molecule has 0 bridgehead atoms. The van der Waals surface area contributed by atoms with E-state index >= 15 is 0 Å². The predicted octanol–water partition coefficient (Wildman–Crippen LogP) is 3.57. The van der Waals surface area contributed by atoms with E-state index in [4.69, 9.17) is 4.74 Å². The van der Waals surface area contributed by atoms with Gasteiger partial charge in [-0.2, -0.15) is 11.3 Å². The summed E-state index contributed by atoms with van der Waals surface area (Å²) in [5, 5.41) is 3.72. The molecule has 0 N–H and O–H groups in total. The molecule has 0 aliphatic carbocycles. The van der Waals surface area contributed by atoms with Gasteiger partial charge in [-0.25, -0.2) is 14.1 Å². The molecule has 0 saturated heterocycles. The van der Waals surface area contributed by atoms with Gasteiger partial charge in [0.2, 0.25) is 5.76 Å². The Bertz CT molecular complexity index is 977. The molecule has 1 aliphatic heterocycles. The number of hydrogen-bond donors (Lipinski definition) is 0. The Balaban J connectivity index is 1.92. The SMILES string of the molecule is CCN(CC)C1=C(OC(=O)/C=C/c2ccsc2)C(=O)N(c2ccc(F)cc2)C1=O. The lowest BCUT2D eigenvalue weighted by Gasteiger charge is -2.22. The maximum absolute atomic E-state index is 13.2. The highest BCUT2D eigenvalue weighted by atomic mass is 32.1. The fourth-order valence-corrected chi connectivity index (χ4v) is 3.53. The topological polar surface area (TPSA) is 66.9 Å². The van der Waals surface area contributed by atoms with Crippen molar-refractivity contribution in [3.63, 3.8) is 0 Å². The molecule has 0 fully saturated rings. The standard InChI is InChI=1S/C21H19FN2O4S/c1-3-23(4-2)18-19(28-17(25)10-5-14-11-12-29-13-14)21(27)24(20(18)26)16-8-6-15(22)7-9-16/h5-13H,3-4H2,1-2H3/b10-5+. The molecule has 0 unspecified atom stereocenters. The monoisotopic (exact) mass is 414 g/mol. The summed E-state index contributed by atoms with van der Waals surface area (Å²) < 4.78 is 18.5. The van der Waals surface area contributed by atoms with Crippen molar-refractivity contribution in [1.82, 2.24) is 4.90 Å². The summed E-state index contributed by atoms with van der Waals surface area (Å²) in [7, 11) is 0. The minimum atomic E-state index is -0.766. The van der Waals surface area contributed by atoms with Crippen molar-refractivity contribution in [2.75, 3.05) is 18.0 Å². The molecule has 3 rings (SSSR count). The van der Waals surface area contributed by atoms with Crippen molar-refractivity contribution in [2.24, 2.45) is 0 Å². The van der Waals surface area contributed by atoms with Crippen molar-refractivity contribution < 1.29 is 23.5 Å². The van der Waals surface area contributed by atoms with Gasteiger partial charge >= 0.3 is 11.9 Å². The number of hydrogen-bond acceptors (Lipinski definition) is 6. The molecule has 8 heteroatoms. The summed E-state index contributed by atoms with van der Waals surface area (Å²) in [5.41, 5.74) is 1.04. The van der Waals surface area contributed by atoms with E-state index in [1.807, 2.05) is 30.7 Å². The van der Waals surface area contributed by atoms with Crippen LogP contribution in [0.3, 0.4) is 0 Å². The van der Waals surface area contributed by atoms with E-state index in [0.29, 0.717) is 13.1 Å². The number of imide groups is 1. The number of nitrogens with zero attached hydrogens (tertiary/aromatic N) is 2. The Morgan fingerprint density at radius 3 is 2.41 bits per heavy atom. The summed E-state index contributed by atoms with van der Waals surface area (Å²) in [4.78, 5) is 40.8. The lowest BCUT2D eigenvalue weighted by molar-refractivity contribution is -0.137. The molecule has 2 aromatic rings. The van der Waals surface area contributed by atoms with Crippen molar-refractivity contribution in [1.29, 1.82) is 0 Å². The average Bonchev–Trinajstić information content (AvgIpc) is 3.31. The highest BCUT2D eigenvalue weighted by molar-refractivity contribution is 7.08. The van der Waals surface area contributed by atoms with Crippen LogP contribution < -0.4 is 4.90 Å². The third-order valence-electron chi connectivity index (χ3n) is 4.34. The molecule has 0 atom stereocenters. The van der Waals surface area contributed by atoms with Gasteiger partial charge in [0.05, 0.1) is 5.69 Å². The van der Waals surface area contributed by atoms with Gasteiger partial charge < -0.3 is 9.64 Å². The molecule has 2 heterocycles. The maximum atomic E-state index is 13.2. The van der Waals surface area contributed by atoms with Gasteiger partial charge in [0.25, 0.3) is 5.91 Å². The summed E-state index contributed by atoms with van der Waals surface area (Å²) >= 11 is 1.48. The predicted molar refractivity (Wildman–Crippen MR) is 108 cm³/mol. The van der Waals surface area contributed by atoms with Gasteiger partial charge in [-0.05, 0) is 66.6 Å². The Morgan fingerprint density at radius 1 is 1.14 bits per heavy atom. The number of carbonyl (C=O) groups excluding carboxylic acids is 3. The zero-order valence-electron chi connectivity index (χ0n) is 15.9. The highest BCUT2D eigenvalue weighted by Crippen LogP contribution is 2.30. The zero-order valence-corrected chi connectivity index (χ0v) is 16.7. The van der Waals surface area contributed by atoms with E-state index in [1.165, 1.54) is 29.5 Å². The highest BCUT2D eigenvalue weighted by Gasteiger charge is 2.43. The second-order valence-electron chi connectivity index (χ2n) is 6.08. The van der Waals surface area contributed by atoms with Crippen LogP contribution in [0, 0.1) is 5.82 Å². The first-order valence-corrected chi connectivity index (χ1v) is 9.96. The first-order chi connectivity index (χ1) is 14.0. The van der Waals surface area contributed by atoms with Crippen LogP contribution in [-0.4, -0.2) is 35.8 Å². The molecular weight excluding hydrogens is 395 g/mol. The lowest BCUT2D eigenvalue weighted by atomic mass is 10.3. The van der Waals surface area contributed by atoms with Crippen LogP contribution in [0.5, 0.6) is 0 Å². The number of carbonyl (C=O) groups is 3. The van der Waals surface area contributed by atoms with Crippen LogP contribution in [0.1, 0.15) is 19.4 Å². The summed E-state index contributed by atoms with van der Waals surface area (Å²) in [6, 6.07) is 6.79. The Morgan fingerprint density at radius 2 is 1.83 bits per heavy atom. The molecule has 1 aliphatic rings. The minimum Gasteiger partial charge on any atom is -0.415 e. The maximum Gasteiger partial charge on any atom is 0.336 e. The van der Waals surface area contributed by atoms with E-state index in [-0.39, 0.29) is 17.1 Å². The smallest absolute Gasteiger partial charge is 0.336 e. The number of benzene rings is 1. The summed E-state index contributed by atoms with van der Waals surface area (Å²) in [5.74, 6) is -2.97. The number of rotatable bonds is 7. The van der Waals surface area contributed by atoms with Gasteiger partial charge in [-0.15, -0.1) is 0 Å². The fraction of sp³-hybridized carbons (Fsp3) is 0.190. The van der Waals surface area contributed by atoms with Gasteiger partial charge in [0.1, 0.15) is 5.82 Å². The number of ether oxygens (including phenoxy) is 1. The number of esters is 1. The second kappa shape index (κ2) is 8.83. The molecule has 29 heavy (non-hydrogen) atoms. The van der Waals surface area contributed by atoms with E-state index in [1.54, 1.807) is 11.0 Å². The lowest BCUT2D eigenvalue weighted by Crippen LogP contribution is -2.35. The van der Waals surface area contributed by atoms with E-state index < -0.39 is 23.6 Å². The van der Waals surface area contributed by atoms with E-state index in [2.05, 4.69) is 0 Å². The number of thiophene rings is 1. The molecule has 1 aromatic heterocycles. The molecule has 0 saturated carbocycles. The zero-order chi connectivity index (χ0) is 21.0. The van der Waals surface area contributed by atoms with Crippen molar-refractivity contribution in [3.05, 3.63) is 70.0 Å². The van der Waals surface area contributed by atoms with Gasteiger partial charge in [-0.1, -0.05) is 0 Å². The number of anilines is 1. The number of amides is 2. The molecule has 0 radical (unpaired) electrons. The molecule has 150 valence electrons. The minimum absolute atomic E-state index is 0.0154. The van der Waals surface area contributed by atoms with Gasteiger partial charge in [-0.3, -0.25) is 9.59 Å². The number of halogens is 1. The van der Waals surface area contributed by atoms with Crippen LogP contribution >= 0.6 is 11.3 Å². The van der Waals surface area contributed by atoms with Crippen LogP contribution in [0.25, 0.3) is 6.08 Å². The van der Waals surface area contributed by atoms with Crippen molar-refractivity contribution >= 4 is 40.9 Å². The second-order valence-corrected chi connectivity index (χ2v) is 6.86. The Labute approximate surface area is 171 Å². The first kappa shape index (κ1) is 20.5. The third-order valence-corrected chi connectivity index (χ3v) is 5.04. The number of likely N-dealkylation sites (N-methyl/N-ethyl adjacent to an activating group) is 1. The molecule has 0 spiro atoms. The third kappa shape index (κ3) is 4.27. The molecule has 2 amide bonds. The molecular formula is C21H19FN2O4S. The van der Waals surface area contributed by atoms with Crippen molar-refractivity contribution in [2.45, 2.75) is 13.8 Å². The van der Waals surface area contributed by atoms with Crippen LogP contribution in [0.2, 0.25) is 0 Å². The summed E-state index contributed by atoms with van der Waals surface area (Å²) in [6.07, 6.45) is 2.77. The first-order valence-electron chi connectivity index (χ1n) is 9.01. The van der Waals surface area contributed by atoms with Crippen LogP contribution in [0.4, 0.5) is 10.1 Å². The fourth-order valence-electron chi connectivity index (χ4n) is 2.90.